The van der Waals surface area contributed by atoms with Crippen LogP contribution in [0.4, 0.5) is 13.2 Å². The highest BCUT2D eigenvalue weighted by atomic mass is 19.4. The van der Waals surface area contributed by atoms with Crippen molar-refractivity contribution in [2.45, 2.75) is 30.3 Å². The van der Waals surface area contributed by atoms with Crippen molar-refractivity contribution in [1.29, 1.82) is 0 Å². The molecule has 3 aliphatic rings. The van der Waals surface area contributed by atoms with Crippen LogP contribution in [-0.4, -0.2) is 96.9 Å². The zero-order chi connectivity index (χ0) is 23.7. The molecule has 2 amide bonds. The van der Waals surface area contributed by atoms with Crippen LogP contribution in [0.2, 0.25) is 0 Å². The van der Waals surface area contributed by atoms with Crippen LogP contribution in [0.1, 0.15) is 5.56 Å². The van der Waals surface area contributed by atoms with E-state index in [2.05, 4.69) is 5.32 Å². The molecule has 4 rings (SSSR count). The van der Waals surface area contributed by atoms with Crippen LogP contribution in [0.3, 0.4) is 0 Å². The lowest BCUT2D eigenvalue weighted by molar-refractivity contribution is -0.203. The summed E-state index contributed by atoms with van der Waals surface area (Å²) in [4.78, 5) is 37.2. The molecular formula is C20H24F3N3O6. The van der Waals surface area contributed by atoms with Gasteiger partial charge in [0.2, 0.25) is 5.91 Å². The van der Waals surface area contributed by atoms with E-state index in [0.29, 0.717) is 32.7 Å². The molecule has 1 spiro atoms. The minimum absolute atomic E-state index is 0.0153. The van der Waals surface area contributed by atoms with Gasteiger partial charge >= 0.3 is 12.1 Å². The average molecular weight is 459 g/mol. The molecule has 32 heavy (non-hydrogen) atoms. The number of amides is 2. The summed E-state index contributed by atoms with van der Waals surface area (Å²) in [5.41, 5.74) is 0.721. The zero-order valence-corrected chi connectivity index (χ0v) is 17.5. The summed E-state index contributed by atoms with van der Waals surface area (Å²) in [5, 5.41) is 9.78. The second-order valence-corrected chi connectivity index (χ2v) is 7.95. The predicted molar refractivity (Wildman–Crippen MR) is 104 cm³/mol. The highest BCUT2D eigenvalue weighted by molar-refractivity contribution is 5.84. The van der Waals surface area contributed by atoms with Gasteiger partial charge in [0.05, 0.1) is 19.7 Å². The third-order valence-electron chi connectivity index (χ3n) is 5.60. The molecule has 0 saturated carbocycles. The summed E-state index contributed by atoms with van der Waals surface area (Å²) in [7, 11) is 3.55. The first-order chi connectivity index (χ1) is 15.0. The number of hydrogen-bond donors (Lipinski definition) is 2. The van der Waals surface area contributed by atoms with Crippen LogP contribution in [0, 0.1) is 0 Å². The van der Waals surface area contributed by atoms with Gasteiger partial charge in [0.25, 0.3) is 5.91 Å². The fourth-order valence-corrected chi connectivity index (χ4v) is 3.96. The number of likely N-dealkylation sites (tertiary alicyclic amines) is 1. The molecule has 0 aromatic heterocycles. The van der Waals surface area contributed by atoms with Crippen LogP contribution in [0.5, 0.6) is 5.75 Å². The number of rotatable bonds is 2. The lowest BCUT2D eigenvalue weighted by Crippen LogP contribution is -2.74. The van der Waals surface area contributed by atoms with Gasteiger partial charge in [-0.3, -0.25) is 14.5 Å². The Morgan fingerprint density at radius 3 is 2.34 bits per heavy atom. The number of aliphatic carboxylic acids is 1. The summed E-state index contributed by atoms with van der Waals surface area (Å²) in [6.45, 7) is 2.09. The topological polar surface area (TPSA) is 108 Å². The van der Waals surface area contributed by atoms with Gasteiger partial charge < -0.3 is 24.8 Å². The maximum absolute atomic E-state index is 12.7. The number of carboxylic acid groups (broad SMARTS) is 1. The summed E-state index contributed by atoms with van der Waals surface area (Å²) >= 11 is 0. The van der Waals surface area contributed by atoms with Crippen LogP contribution in [-0.2, 0) is 25.5 Å². The first kappa shape index (κ1) is 23.8. The van der Waals surface area contributed by atoms with Crippen molar-refractivity contribution in [3.8, 4) is 5.75 Å². The van der Waals surface area contributed by atoms with Gasteiger partial charge in [-0.2, -0.15) is 13.2 Å². The standard InChI is InChI=1S/C18H23N3O4.C2HF3O2/c1-19-16(22)13-8-24-18(9-20(13)2)10-21(11-18)17(23)15-7-12-5-3-4-6-14(12)25-15;3-2(4,5)1(6)7/h3-6,13,15H,7-11H2,1-2H3,(H,19,22);(H,6,7). The van der Waals surface area contributed by atoms with E-state index < -0.39 is 18.2 Å². The number of morpholine rings is 1. The number of benzene rings is 1. The Labute approximate surface area is 182 Å². The molecule has 0 radical (unpaired) electrons. The number of ether oxygens (including phenoxy) is 2. The summed E-state index contributed by atoms with van der Waals surface area (Å²) in [6.07, 6.45) is -4.90. The second-order valence-electron chi connectivity index (χ2n) is 7.95. The molecule has 0 bridgehead atoms. The minimum Gasteiger partial charge on any atom is -0.480 e. The van der Waals surface area contributed by atoms with E-state index in [4.69, 9.17) is 19.4 Å². The van der Waals surface area contributed by atoms with Crippen LogP contribution >= 0.6 is 0 Å². The number of nitrogens with zero attached hydrogens (tertiary/aromatic N) is 2. The number of halogens is 3. The lowest BCUT2D eigenvalue weighted by atomic mass is 9.90. The Bertz CT molecular complexity index is 863. The smallest absolute Gasteiger partial charge is 0.480 e. The van der Waals surface area contributed by atoms with Crippen molar-refractivity contribution < 1.29 is 42.1 Å². The first-order valence-electron chi connectivity index (χ1n) is 9.85. The first-order valence-corrected chi connectivity index (χ1v) is 9.85. The number of carbonyl (C=O) groups is 3. The van der Waals surface area contributed by atoms with E-state index in [-0.39, 0.29) is 23.5 Å². The molecule has 2 fully saturated rings. The van der Waals surface area contributed by atoms with Crippen molar-refractivity contribution in [3.63, 3.8) is 0 Å². The highest BCUT2D eigenvalue weighted by Gasteiger charge is 2.52. The number of carboxylic acids is 1. The van der Waals surface area contributed by atoms with Crippen molar-refractivity contribution >= 4 is 17.8 Å². The summed E-state index contributed by atoms with van der Waals surface area (Å²) in [6, 6.07) is 7.51. The molecule has 1 aromatic rings. The monoisotopic (exact) mass is 459 g/mol. The molecule has 2 unspecified atom stereocenters. The molecule has 1 aromatic carbocycles. The molecule has 12 heteroatoms. The number of carbonyl (C=O) groups excluding carboxylic acids is 2. The fourth-order valence-electron chi connectivity index (χ4n) is 3.96. The molecule has 0 aliphatic carbocycles. The normalized spacial score (nSPS) is 23.8. The fraction of sp³-hybridized carbons (Fsp3) is 0.550. The third kappa shape index (κ3) is 4.96. The van der Waals surface area contributed by atoms with Crippen molar-refractivity contribution in [2.75, 3.05) is 40.3 Å². The van der Waals surface area contributed by atoms with Crippen LogP contribution < -0.4 is 10.1 Å². The maximum Gasteiger partial charge on any atom is 0.490 e. The number of likely N-dealkylation sites (N-methyl/N-ethyl adjacent to an activating group) is 2. The third-order valence-corrected chi connectivity index (χ3v) is 5.60. The van der Waals surface area contributed by atoms with Gasteiger partial charge in [-0.1, -0.05) is 18.2 Å². The maximum atomic E-state index is 12.7. The van der Waals surface area contributed by atoms with E-state index in [0.717, 1.165) is 11.3 Å². The largest absolute Gasteiger partial charge is 0.490 e. The number of nitrogens with one attached hydrogen (secondary N) is 1. The number of para-hydroxylation sites is 1. The SMILES string of the molecule is CNC(=O)C1COC2(CN(C(=O)C3Cc4ccccc4O3)C2)CN1C.O=C(O)C(F)(F)F. The second kappa shape index (κ2) is 8.94. The van der Waals surface area contributed by atoms with Gasteiger partial charge in [-0.05, 0) is 18.7 Å². The average Bonchev–Trinajstić information content (AvgIpc) is 3.15. The van der Waals surface area contributed by atoms with Gasteiger partial charge in [-0.15, -0.1) is 0 Å². The van der Waals surface area contributed by atoms with E-state index in [9.17, 15) is 22.8 Å². The van der Waals surface area contributed by atoms with Gasteiger partial charge in [0, 0.05) is 20.0 Å². The van der Waals surface area contributed by atoms with E-state index in [1.54, 1.807) is 11.9 Å². The summed E-state index contributed by atoms with van der Waals surface area (Å²) in [5.74, 6) is -1.98. The molecule has 9 nitrogen and oxygen atoms in total. The molecule has 176 valence electrons. The Balaban J connectivity index is 0.000000360. The molecule has 3 heterocycles. The zero-order valence-electron chi connectivity index (χ0n) is 17.5. The van der Waals surface area contributed by atoms with Crippen LogP contribution in [0.15, 0.2) is 24.3 Å². The molecular weight excluding hydrogens is 435 g/mol. The Hall–Kier alpha value is -2.86. The quantitative estimate of drug-likeness (QED) is 0.654. The van der Waals surface area contributed by atoms with Gasteiger partial charge in [0.15, 0.2) is 6.10 Å². The van der Waals surface area contributed by atoms with Crippen molar-refractivity contribution in [3.05, 3.63) is 29.8 Å². The Morgan fingerprint density at radius 1 is 1.19 bits per heavy atom. The minimum atomic E-state index is -5.08. The van der Waals surface area contributed by atoms with Gasteiger partial charge in [0.1, 0.15) is 17.4 Å². The number of fused-ring (bicyclic) bond motifs is 1. The Kier molecular flexibility index (Phi) is 6.65. The van der Waals surface area contributed by atoms with Crippen molar-refractivity contribution in [2.24, 2.45) is 0 Å². The van der Waals surface area contributed by atoms with Crippen LogP contribution in [0.25, 0.3) is 0 Å². The van der Waals surface area contributed by atoms with Gasteiger partial charge in [-0.25, -0.2) is 4.79 Å². The number of alkyl halides is 3. The molecule has 2 N–H and O–H groups in total. The number of hydrogen-bond acceptors (Lipinski definition) is 6. The van der Waals surface area contributed by atoms with E-state index in [1.807, 2.05) is 36.2 Å². The molecule has 2 atom stereocenters. The highest BCUT2D eigenvalue weighted by Crippen LogP contribution is 2.34. The lowest BCUT2D eigenvalue weighted by Gasteiger charge is -2.55. The molecule has 2 saturated heterocycles. The summed E-state index contributed by atoms with van der Waals surface area (Å²) < 4.78 is 43.5. The Morgan fingerprint density at radius 2 is 1.81 bits per heavy atom. The predicted octanol–water partition coefficient (Wildman–Crippen LogP) is 0.281. The van der Waals surface area contributed by atoms with E-state index >= 15 is 0 Å². The van der Waals surface area contributed by atoms with Crippen molar-refractivity contribution in [1.82, 2.24) is 15.1 Å². The molecule has 3 aliphatic heterocycles. The van der Waals surface area contributed by atoms with E-state index in [1.165, 1.54) is 0 Å².